The van der Waals surface area contributed by atoms with Crippen LogP contribution in [0, 0.1) is 17.9 Å². The molecule has 50 heavy (non-hydrogen) atoms. The summed E-state index contributed by atoms with van der Waals surface area (Å²) in [5, 5.41) is 15.0. The molecule has 1 radical (unpaired) electrons. The number of allylic oxidation sites excluding steroid dienone is 2. The molecular weight excluding hydrogens is 827 g/mol. The number of carbonyl (C=O) groups excluding carboxylic acids is 1. The van der Waals surface area contributed by atoms with Crippen LogP contribution in [0.5, 0.6) is 0 Å². The van der Waals surface area contributed by atoms with Crippen molar-refractivity contribution in [3.8, 4) is 21.7 Å². The largest absolute Gasteiger partial charge is 0.512 e. The molecule has 0 spiro atoms. The molecule has 0 bridgehead atoms. The Hall–Kier alpha value is -3.15. The maximum Gasteiger partial charge on any atom is 0.162 e. The number of fused-ring (bicyclic) bond motifs is 3. The molecule has 1 N–H and O–H groups in total. The zero-order chi connectivity index (χ0) is 35.5. The van der Waals surface area contributed by atoms with E-state index in [2.05, 4.69) is 112 Å². The van der Waals surface area contributed by atoms with E-state index in [0.717, 1.165) is 42.3 Å². The van der Waals surface area contributed by atoms with Crippen molar-refractivity contribution in [2.45, 2.75) is 92.7 Å². The number of aliphatic hydroxyl groups is 1. The Labute approximate surface area is 318 Å². The van der Waals surface area contributed by atoms with E-state index in [1.54, 1.807) is 5.19 Å². The Balaban J connectivity index is 0.000000301. The van der Waals surface area contributed by atoms with Crippen molar-refractivity contribution in [1.29, 1.82) is 0 Å². The molecule has 6 rings (SSSR count). The number of thiophene rings is 1. The molecule has 0 saturated heterocycles. The number of pyridine rings is 1. The van der Waals surface area contributed by atoms with Gasteiger partial charge in [0.25, 0.3) is 0 Å². The summed E-state index contributed by atoms with van der Waals surface area (Å²) >= 11 is 1.85. The molecule has 3 nitrogen and oxygen atoms in total. The molecule has 0 unspecified atom stereocenters. The molecule has 0 amide bonds. The second-order valence-corrected chi connectivity index (χ2v) is 20.3. The number of rotatable bonds is 9. The van der Waals surface area contributed by atoms with Gasteiger partial charge in [0.1, 0.15) is 8.07 Å². The van der Waals surface area contributed by atoms with Gasteiger partial charge in [-0.2, -0.15) is 0 Å². The second-order valence-electron chi connectivity index (χ2n) is 14.9. The van der Waals surface area contributed by atoms with Gasteiger partial charge in [0.05, 0.1) is 5.76 Å². The average Bonchev–Trinajstić information content (AvgIpc) is 3.65. The molecule has 5 aromatic rings. The third-order valence-corrected chi connectivity index (χ3v) is 14.1. The Morgan fingerprint density at radius 3 is 2.28 bits per heavy atom. The molecule has 0 fully saturated rings. The third kappa shape index (κ3) is 8.48. The Morgan fingerprint density at radius 2 is 1.62 bits per heavy atom. The van der Waals surface area contributed by atoms with Crippen LogP contribution in [-0.2, 0) is 30.3 Å². The summed E-state index contributed by atoms with van der Waals surface area (Å²) in [5.41, 5.74) is 8.63. The standard InChI is InChI=1S/C31H28NSSi.C13H24O2.Ir/c1-31(2,3)26-17-24(16-21-8-6-7-9-25(21)26)29-30-23(12-14-32-29)18-27(33-30)22-11-10-20-13-15-34(4,5)28(20)19-22;1-5-10(6-2)12(14)9-13(15)11(7-3)8-4;/h6-15,17-19H,1-5H3;9-11,14H,5-8H2,1-4H3;/q-1;;/b;12-9-;. The molecular formula is C44H52IrNO2SSi-. The summed E-state index contributed by atoms with van der Waals surface area (Å²) in [6, 6.07) is 26.0. The Bertz CT molecular complexity index is 2030. The SMILES string of the molecule is CC(C)(C)c1cc(-c2nccc3cc(-c4ccc5c(c4)[Si](C)(C)C=C5)sc23)[c-]c2ccccc12.CCC(CC)C(=O)/C=C(\O)C(CC)CC.[Ir]. The van der Waals surface area contributed by atoms with E-state index >= 15 is 0 Å². The number of carbonyl (C=O) groups is 1. The van der Waals surface area contributed by atoms with E-state index in [9.17, 15) is 9.90 Å². The van der Waals surface area contributed by atoms with Crippen molar-refractivity contribution < 1.29 is 30.0 Å². The van der Waals surface area contributed by atoms with E-state index in [1.807, 2.05) is 45.2 Å². The van der Waals surface area contributed by atoms with Crippen LogP contribution in [0.15, 0.2) is 84.4 Å². The molecule has 6 heteroatoms. The minimum absolute atomic E-state index is 0. The average molecular weight is 879 g/mol. The number of aliphatic hydroxyl groups excluding tert-OH is 1. The fraction of sp³-hybridized carbons (Fsp3) is 0.364. The molecule has 0 aliphatic carbocycles. The van der Waals surface area contributed by atoms with Gasteiger partial charge in [-0.25, -0.2) is 0 Å². The zero-order valence-corrected chi connectivity index (χ0v) is 35.3. The normalized spacial score (nSPS) is 13.8. The van der Waals surface area contributed by atoms with Crippen LogP contribution in [0.4, 0.5) is 0 Å². The molecule has 1 aliphatic heterocycles. The van der Waals surface area contributed by atoms with Crippen LogP contribution in [0.2, 0.25) is 13.1 Å². The summed E-state index contributed by atoms with van der Waals surface area (Å²) in [4.78, 5) is 17.9. The van der Waals surface area contributed by atoms with Gasteiger partial charge in [-0.3, -0.25) is 9.78 Å². The number of hydrogen-bond acceptors (Lipinski definition) is 4. The van der Waals surface area contributed by atoms with Crippen molar-refractivity contribution in [2.24, 2.45) is 11.8 Å². The van der Waals surface area contributed by atoms with Crippen molar-refractivity contribution >= 4 is 57.3 Å². The van der Waals surface area contributed by atoms with Crippen molar-refractivity contribution in [2.75, 3.05) is 0 Å². The summed E-state index contributed by atoms with van der Waals surface area (Å²) in [6.07, 6.45) is 9.15. The maximum atomic E-state index is 11.7. The summed E-state index contributed by atoms with van der Waals surface area (Å²) < 4.78 is 1.24. The number of aromatic nitrogens is 1. The molecule has 1 aliphatic rings. The second kappa shape index (κ2) is 16.5. The maximum absolute atomic E-state index is 11.7. The van der Waals surface area contributed by atoms with Crippen LogP contribution >= 0.6 is 11.3 Å². The van der Waals surface area contributed by atoms with Crippen LogP contribution in [0.1, 0.15) is 85.3 Å². The Kier molecular flexibility index (Phi) is 13.0. The quantitative estimate of drug-likeness (QED) is 0.0695. The van der Waals surface area contributed by atoms with E-state index in [4.69, 9.17) is 4.98 Å². The van der Waals surface area contributed by atoms with Gasteiger partial charge in [0.15, 0.2) is 5.78 Å². The molecule has 2 aromatic heterocycles. The minimum Gasteiger partial charge on any atom is -0.512 e. The minimum atomic E-state index is -1.47. The van der Waals surface area contributed by atoms with Gasteiger partial charge >= 0.3 is 0 Å². The fourth-order valence-corrected chi connectivity index (χ4v) is 10.2. The number of ketones is 1. The third-order valence-electron chi connectivity index (χ3n) is 10.1. The first-order chi connectivity index (χ1) is 23.3. The fourth-order valence-electron chi connectivity index (χ4n) is 6.86. The van der Waals surface area contributed by atoms with Crippen molar-refractivity contribution in [3.63, 3.8) is 0 Å². The van der Waals surface area contributed by atoms with E-state index in [1.165, 1.54) is 43.1 Å². The summed E-state index contributed by atoms with van der Waals surface area (Å²) in [6.45, 7) is 19.8. The molecule has 3 aromatic carbocycles. The van der Waals surface area contributed by atoms with Gasteiger partial charge in [0, 0.05) is 59.5 Å². The monoisotopic (exact) mass is 879 g/mol. The predicted molar refractivity (Wildman–Crippen MR) is 216 cm³/mol. The van der Waals surface area contributed by atoms with Gasteiger partial charge in [0.2, 0.25) is 0 Å². The summed E-state index contributed by atoms with van der Waals surface area (Å²) in [5.74, 6) is 0.547. The summed E-state index contributed by atoms with van der Waals surface area (Å²) in [7, 11) is -1.47. The Morgan fingerprint density at radius 1 is 0.940 bits per heavy atom. The molecule has 0 saturated carbocycles. The number of benzene rings is 3. The van der Waals surface area contributed by atoms with E-state index in [0.29, 0.717) is 0 Å². The molecule has 0 atom stereocenters. The first-order valence-corrected chi connectivity index (χ1v) is 21.8. The molecule has 265 valence electrons. The van der Waals surface area contributed by atoms with Crippen LogP contribution < -0.4 is 5.19 Å². The van der Waals surface area contributed by atoms with Gasteiger partial charge in [-0.15, -0.1) is 40.5 Å². The first kappa shape index (κ1) is 39.6. The van der Waals surface area contributed by atoms with Gasteiger partial charge in [-0.05, 0) is 64.9 Å². The van der Waals surface area contributed by atoms with Crippen LogP contribution in [0.3, 0.4) is 0 Å². The topological polar surface area (TPSA) is 50.2 Å². The van der Waals surface area contributed by atoms with Crippen molar-refractivity contribution in [1.82, 2.24) is 4.98 Å². The van der Waals surface area contributed by atoms with Gasteiger partial charge in [-0.1, -0.05) is 121 Å². The first-order valence-electron chi connectivity index (χ1n) is 17.9. The smallest absolute Gasteiger partial charge is 0.162 e. The van der Waals surface area contributed by atoms with Crippen LogP contribution in [0.25, 0.3) is 48.6 Å². The van der Waals surface area contributed by atoms with Crippen LogP contribution in [-0.4, -0.2) is 23.9 Å². The molecule has 3 heterocycles. The zero-order valence-electron chi connectivity index (χ0n) is 31.1. The van der Waals surface area contributed by atoms with Gasteiger partial charge < -0.3 is 5.11 Å². The predicted octanol–water partition coefficient (Wildman–Crippen LogP) is 12.2. The number of hydrogen-bond donors (Lipinski definition) is 1. The van der Waals surface area contributed by atoms with E-state index < -0.39 is 8.07 Å². The number of nitrogens with zero attached hydrogens (tertiary/aromatic N) is 1. The van der Waals surface area contributed by atoms with E-state index in [-0.39, 0.29) is 48.9 Å². The van der Waals surface area contributed by atoms with Crippen molar-refractivity contribution in [3.05, 3.63) is 102 Å².